The highest BCUT2D eigenvalue weighted by Gasteiger charge is 2.19. The summed E-state index contributed by atoms with van der Waals surface area (Å²) < 4.78 is 10.2. The van der Waals surface area contributed by atoms with Gasteiger partial charge in [-0.3, -0.25) is 14.4 Å². The molecule has 0 aliphatic heterocycles. The summed E-state index contributed by atoms with van der Waals surface area (Å²) in [7, 11) is 1.24. The van der Waals surface area contributed by atoms with Crippen molar-refractivity contribution in [2.45, 2.75) is 6.92 Å². The van der Waals surface area contributed by atoms with Gasteiger partial charge in [0.1, 0.15) is 17.2 Å². The third kappa shape index (κ3) is 5.70. The molecule has 0 unspecified atom stereocenters. The van der Waals surface area contributed by atoms with Gasteiger partial charge in [-0.05, 0) is 36.8 Å². The molecule has 2 aromatic carbocycles. The van der Waals surface area contributed by atoms with E-state index in [2.05, 4.69) is 15.4 Å². The Labute approximate surface area is 184 Å². The van der Waals surface area contributed by atoms with Crippen LogP contribution in [0.15, 0.2) is 60.7 Å². The lowest BCUT2D eigenvalue weighted by atomic mass is 10.2. The lowest BCUT2D eigenvalue weighted by Gasteiger charge is -2.08. The Balaban J connectivity index is 1.77. The fourth-order valence-electron chi connectivity index (χ4n) is 2.79. The molecule has 7 nitrogen and oxygen atoms in total. The van der Waals surface area contributed by atoms with E-state index in [1.807, 2.05) is 43.3 Å². The molecule has 1 aromatic heterocycles. The maximum Gasteiger partial charge on any atom is 0.325 e. The first-order chi connectivity index (χ1) is 15.0. The number of hydrogen-bond acceptors (Lipinski definition) is 6. The van der Waals surface area contributed by atoms with Crippen LogP contribution in [0.1, 0.15) is 27.0 Å². The van der Waals surface area contributed by atoms with Crippen LogP contribution in [0.3, 0.4) is 0 Å². The summed E-state index contributed by atoms with van der Waals surface area (Å²) >= 11 is 1.34. The highest BCUT2D eigenvalue weighted by Crippen LogP contribution is 2.36. The molecule has 0 fully saturated rings. The van der Waals surface area contributed by atoms with Crippen molar-refractivity contribution in [3.63, 3.8) is 0 Å². The SMILES string of the molecule is CCOc1cc(-c2ccccc2)sc1C(=O)Nc1cccc(C(=O)NCC(=O)OC)c1. The summed E-state index contributed by atoms with van der Waals surface area (Å²) in [6.07, 6.45) is 0. The Morgan fingerprint density at radius 1 is 0.968 bits per heavy atom. The molecule has 31 heavy (non-hydrogen) atoms. The van der Waals surface area contributed by atoms with Gasteiger partial charge in [0.2, 0.25) is 0 Å². The summed E-state index contributed by atoms with van der Waals surface area (Å²) in [5.74, 6) is -0.814. The normalized spacial score (nSPS) is 10.3. The smallest absolute Gasteiger partial charge is 0.325 e. The van der Waals surface area contributed by atoms with Crippen molar-refractivity contribution in [1.82, 2.24) is 5.32 Å². The van der Waals surface area contributed by atoms with Crippen LogP contribution >= 0.6 is 11.3 Å². The Morgan fingerprint density at radius 3 is 2.45 bits per heavy atom. The summed E-state index contributed by atoms with van der Waals surface area (Å²) in [4.78, 5) is 37.7. The van der Waals surface area contributed by atoms with Crippen molar-refractivity contribution < 1.29 is 23.9 Å². The molecule has 2 N–H and O–H groups in total. The first-order valence-electron chi connectivity index (χ1n) is 9.60. The predicted molar refractivity (Wildman–Crippen MR) is 120 cm³/mol. The number of methoxy groups -OCH3 is 1. The second-order valence-corrected chi connectivity index (χ2v) is 7.45. The largest absolute Gasteiger partial charge is 0.492 e. The fourth-order valence-corrected chi connectivity index (χ4v) is 3.79. The fraction of sp³-hybridized carbons (Fsp3) is 0.174. The molecule has 0 aliphatic carbocycles. The van der Waals surface area contributed by atoms with Gasteiger partial charge in [0.05, 0.1) is 13.7 Å². The van der Waals surface area contributed by atoms with E-state index in [1.54, 1.807) is 18.2 Å². The Bertz CT molecular complexity index is 1080. The zero-order valence-corrected chi connectivity index (χ0v) is 18.0. The van der Waals surface area contributed by atoms with E-state index in [1.165, 1.54) is 24.5 Å². The molecule has 3 aromatic rings. The van der Waals surface area contributed by atoms with Crippen molar-refractivity contribution in [2.24, 2.45) is 0 Å². The minimum absolute atomic E-state index is 0.235. The second kappa shape index (κ2) is 10.4. The summed E-state index contributed by atoms with van der Waals surface area (Å²) in [5, 5.41) is 5.28. The van der Waals surface area contributed by atoms with E-state index in [9.17, 15) is 14.4 Å². The molecule has 0 radical (unpaired) electrons. The molecule has 8 heteroatoms. The van der Waals surface area contributed by atoms with Crippen LogP contribution in [-0.2, 0) is 9.53 Å². The number of rotatable bonds is 8. The van der Waals surface area contributed by atoms with Crippen LogP contribution < -0.4 is 15.4 Å². The monoisotopic (exact) mass is 438 g/mol. The van der Waals surface area contributed by atoms with Crippen LogP contribution in [0.25, 0.3) is 10.4 Å². The van der Waals surface area contributed by atoms with Gasteiger partial charge in [0.25, 0.3) is 11.8 Å². The van der Waals surface area contributed by atoms with E-state index >= 15 is 0 Å². The molecule has 0 saturated carbocycles. The van der Waals surface area contributed by atoms with Crippen molar-refractivity contribution in [2.75, 3.05) is 25.6 Å². The maximum atomic E-state index is 12.9. The van der Waals surface area contributed by atoms with Crippen molar-refractivity contribution >= 4 is 34.8 Å². The van der Waals surface area contributed by atoms with E-state index in [0.717, 1.165) is 10.4 Å². The van der Waals surface area contributed by atoms with Gasteiger partial charge < -0.3 is 20.1 Å². The van der Waals surface area contributed by atoms with Crippen molar-refractivity contribution in [1.29, 1.82) is 0 Å². The molecule has 2 amide bonds. The maximum absolute atomic E-state index is 12.9. The minimum atomic E-state index is -0.548. The Kier molecular flexibility index (Phi) is 7.40. The average Bonchev–Trinajstić information content (AvgIpc) is 3.22. The molecule has 160 valence electrons. The molecule has 0 bridgehead atoms. The molecule has 0 spiro atoms. The van der Waals surface area contributed by atoms with Gasteiger partial charge >= 0.3 is 5.97 Å². The van der Waals surface area contributed by atoms with Gasteiger partial charge in [0, 0.05) is 16.1 Å². The Hall–Kier alpha value is -3.65. The van der Waals surface area contributed by atoms with E-state index in [0.29, 0.717) is 28.5 Å². The molecule has 3 rings (SSSR count). The summed E-state index contributed by atoms with van der Waals surface area (Å²) in [6.45, 7) is 2.06. The van der Waals surface area contributed by atoms with E-state index < -0.39 is 11.9 Å². The van der Waals surface area contributed by atoms with E-state index in [4.69, 9.17) is 4.74 Å². The third-order valence-corrected chi connectivity index (χ3v) is 5.43. The van der Waals surface area contributed by atoms with Gasteiger partial charge in [-0.25, -0.2) is 0 Å². The van der Waals surface area contributed by atoms with Crippen LogP contribution in [0.4, 0.5) is 5.69 Å². The number of carbonyl (C=O) groups is 3. The molecular weight excluding hydrogens is 416 g/mol. The number of esters is 1. The van der Waals surface area contributed by atoms with Crippen LogP contribution in [-0.4, -0.2) is 38.0 Å². The summed E-state index contributed by atoms with van der Waals surface area (Å²) in [5.41, 5.74) is 1.76. The third-order valence-electron chi connectivity index (χ3n) is 4.27. The van der Waals surface area contributed by atoms with Crippen molar-refractivity contribution in [3.05, 3.63) is 71.1 Å². The second-order valence-electron chi connectivity index (χ2n) is 6.40. The van der Waals surface area contributed by atoms with Crippen molar-refractivity contribution in [3.8, 4) is 16.2 Å². The number of anilines is 1. The lowest BCUT2D eigenvalue weighted by Crippen LogP contribution is -2.30. The first-order valence-corrected chi connectivity index (χ1v) is 10.4. The van der Waals surface area contributed by atoms with Crippen LogP contribution in [0.2, 0.25) is 0 Å². The number of carbonyl (C=O) groups excluding carboxylic acids is 3. The van der Waals surface area contributed by atoms with Gasteiger partial charge in [-0.1, -0.05) is 36.4 Å². The molecule has 0 atom stereocenters. The quantitative estimate of drug-likeness (QED) is 0.519. The standard InChI is InChI=1S/C23H22N2O5S/c1-3-30-18-13-19(15-8-5-4-6-9-15)31-21(18)23(28)25-17-11-7-10-16(12-17)22(27)24-14-20(26)29-2/h4-13H,3,14H2,1-2H3,(H,24,27)(H,25,28). The van der Waals surface area contributed by atoms with Gasteiger partial charge in [0.15, 0.2) is 0 Å². The number of nitrogens with one attached hydrogen (secondary N) is 2. The predicted octanol–water partition coefficient (Wildman–Crippen LogP) is 3.97. The number of amides is 2. The highest BCUT2D eigenvalue weighted by molar-refractivity contribution is 7.17. The van der Waals surface area contributed by atoms with Gasteiger partial charge in [-0.15, -0.1) is 11.3 Å². The van der Waals surface area contributed by atoms with Gasteiger partial charge in [-0.2, -0.15) is 0 Å². The van der Waals surface area contributed by atoms with Crippen LogP contribution in [0, 0.1) is 0 Å². The first kappa shape index (κ1) is 22.0. The Morgan fingerprint density at radius 2 is 1.74 bits per heavy atom. The topological polar surface area (TPSA) is 93.7 Å². The lowest BCUT2D eigenvalue weighted by molar-refractivity contribution is -0.139. The zero-order chi connectivity index (χ0) is 22.2. The summed E-state index contributed by atoms with van der Waals surface area (Å²) in [6, 6.07) is 18.1. The molecule has 0 aliphatic rings. The molecular formula is C23H22N2O5S. The average molecular weight is 439 g/mol. The van der Waals surface area contributed by atoms with Crippen LogP contribution in [0.5, 0.6) is 5.75 Å². The minimum Gasteiger partial charge on any atom is -0.492 e. The molecule has 0 saturated heterocycles. The number of ether oxygens (including phenoxy) is 2. The number of benzene rings is 2. The molecule has 1 heterocycles. The highest BCUT2D eigenvalue weighted by atomic mass is 32.1. The zero-order valence-electron chi connectivity index (χ0n) is 17.1. The number of thiophene rings is 1. The number of hydrogen-bond donors (Lipinski definition) is 2. The van der Waals surface area contributed by atoms with E-state index in [-0.39, 0.29) is 12.5 Å².